The number of para-hydroxylation sites is 1. The van der Waals surface area contributed by atoms with Crippen LogP contribution in [0.2, 0.25) is 0 Å². The van der Waals surface area contributed by atoms with Crippen molar-refractivity contribution in [2.75, 3.05) is 0 Å². The van der Waals surface area contributed by atoms with Crippen molar-refractivity contribution < 1.29 is 9.53 Å². The molecule has 0 amide bonds. The average Bonchev–Trinajstić information content (AvgIpc) is 2.72. The molecule has 2 aliphatic rings. The molecule has 1 fully saturated rings. The third-order valence-electron chi connectivity index (χ3n) is 3.21. The molecule has 0 radical (unpaired) electrons. The highest BCUT2D eigenvalue weighted by Gasteiger charge is 2.51. The van der Waals surface area contributed by atoms with Crippen LogP contribution in [0.15, 0.2) is 42.5 Å². The quantitative estimate of drug-likeness (QED) is 0.684. The maximum atomic E-state index is 11.7. The minimum atomic E-state index is -0.240. The highest BCUT2D eigenvalue weighted by Crippen LogP contribution is 2.41. The van der Waals surface area contributed by atoms with Crippen LogP contribution in [0.25, 0.3) is 0 Å². The molecule has 1 aromatic carbocycles. The monoisotopic (exact) mass is 200 g/mol. The van der Waals surface area contributed by atoms with Crippen molar-refractivity contribution in [3.8, 4) is 5.75 Å². The predicted octanol–water partition coefficient (Wildman–Crippen LogP) is 2.21. The number of benzene rings is 1. The van der Waals surface area contributed by atoms with Gasteiger partial charge in [-0.3, -0.25) is 4.79 Å². The van der Waals surface area contributed by atoms with E-state index < -0.39 is 0 Å². The normalized spacial score (nSPS) is 32.3. The number of ether oxygens (including phenoxy) is 1. The molecule has 0 saturated heterocycles. The molecule has 76 valence electrons. The molecular formula is C13H12O2. The molecule has 0 N–H and O–H groups in total. The van der Waals surface area contributed by atoms with Gasteiger partial charge in [0.2, 0.25) is 0 Å². The van der Waals surface area contributed by atoms with E-state index in [9.17, 15) is 4.79 Å². The lowest BCUT2D eigenvalue weighted by Crippen LogP contribution is -2.52. The number of Topliss-reactive ketones (excluding diaryl/α,β-unsaturated/α-hetero) is 1. The Labute approximate surface area is 88.6 Å². The van der Waals surface area contributed by atoms with Crippen LogP contribution >= 0.6 is 0 Å². The van der Waals surface area contributed by atoms with Crippen LogP contribution in [0.5, 0.6) is 5.75 Å². The second-order valence-corrected chi connectivity index (χ2v) is 4.10. The zero-order chi connectivity index (χ0) is 10.3. The van der Waals surface area contributed by atoms with Crippen LogP contribution in [0.1, 0.15) is 6.42 Å². The van der Waals surface area contributed by atoms with Crippen LogP contribution in [-0.2, 0) is 4.79 Å². The lowest BCUT2D eigenvalue weighted by molar-refractivity contribution is -0.144. The number of rotatable bonds is 2. The molecule has 15 heavy (non-hydrogen) atoms. The summed E-state index contributed by atoms with van der Waals surface area (Å²) in [6.07, 6.45) is 4.86. The molecular weight excluding hydrogens is 188 g/mol. The molecule has 1 aromatic rings. The Bertz CT molecular complexity index is 408. The van der Waals surface area contributed by atoms with Crippen molar-refractivity contribution in [3.05, 3.63) is 42.5 Å². The Balaban J connectivity index is 1.75. The average molecular weight is 200 g/mol. The number of ketones is 1. The van der Waals surface area contributed by atoms with Crippen LogP contribution in [0.4, 0.5) is 0 Å². The summed E-state index contributed by atoms with van der Waals surface area (Å²) in [5.74, 6) is 1.57. The SMILES string of the molecule is O=C1[C@@H]2CC=C[C@@H]2[C@H]1Oc1ccccc1. The number of hydrogen-bond acceptors (Lipinski definition) is 2. The largest absolute Gasteiger partial charge is 0.482 e. The zero-order valence-corrected chi connectivity index (χ0v) is 8.30. The number of allylic oxidation sites excluding steroid dienone is 1. The van der Waals surface area contributed by atoms with Crippen LogP contribution < -0.4 is 4.74 Å². The third kappa shape index (κ3) is 1.29. The second kappa shape index (κ2) is 3.23. The van der Waals surface area contributed by atoms with E-state index in [1.807, 2.05) is 30.3 Å². The van der Waals surface area contributed by atoms with Crippen LogP contribution in [0.3, 0.4) is 0 Å². The molecule has 2 aliphatic carbocycles. The van der Waals surface area contributed by atoms with Crippen molar-refractivity contribution >= 4 is 5.78 Å². The highest BCUT2D eigenvalue weighted by molar-refractivity contribution is 5.94. The van der Waals surface area contributed by atoms with Gasteiger partial charge in [-0.2, -0.15) is 0 Å². The Hall–Kier alpha value is -1.57. The summed E-state index contributed by atoms with van der Waals surface area (Å²) < 4.78 is 5.68. The van der Waals surface area contributed by atoms with E-state index in [0.29, 0.717) is 5.92 Å². The molecule has 1 saturated carbocycles. The van der Waals surface area contributed by atoms with Crippen molar-refractivity contribution in [2.24, 2.45) is 11.8 Å². The molecule has 3 rings (SSSR count). The predicted molar refractivity (Wildman–Crippen MR) is 56.6 cm³/mol. The molecule has 0 spiro atoms. The fourth-order valence-electron chi connectivity index (χ4n) is 2.36. The fraction of sp³-hybridized carbons (Fsp3) is 0.308. The highest BCUT2D eigenvalue weighted by atomic mass is 16.5. The summed E-state index contributed by atoms with van der Waals surface area (Å²) in [5, 5.41) is 0. The topological polar surface area (TPSA) is 26.3 Å². The van der Waals surface area contributed by atoms with E-state index in [1.165, 1.54) is 0 Å². The maximum absolute atomic E-state index is 11.7. The van der Waals surface area contributed by atoms with Gasteiger partial charge in [-0.05, 0) is 18.6 Å². The van der Waals surface area contributed by atoms with Gasteiger partial charge in [0.1, 0.15) is 5.75 Å². The van der Waals surface area contributed by atoms with E-state index in [-0.39, 0.29) is 17.8 Å². The lowest BCUT2D eigenvalue weighted by atomic mass is 9.72. The summed E-state index contributed by atoms with van der Waals surface area (Å²) in [5.41, 5.74) is 0. The van der Waals surface area contributed by atoms with Gasteiger partial charge in [0.05, 0.1) is 0 Å². The van der Waals surface area contributed by atoms with Gasteiger partial charge in [-0.15, -0.1) is 0 Å². The summed E-state index contributed by atoms with van der Waals surface area (Å²) in [4.78, 5) is 11.7. The van der Waals surface area contributed by atoms with Crippen molar-refractivity contribution in [1.82, 2.24) is 0 Å². The third-order valence-corrected chi connectivity index (χ3v) is 3.21. The van der Waals surface area contributed by atoms with E-state index >= 15 is 0 Å². The summed E-state index contributed by atoms with van der Waals surface area (Å²) in [6, 6.07) is 9.55. The Morgan fingerprint density at radius 2 is 2.00 bits per heavy atom. The molecule has 2 nitrogen and oxygen atoms in total. The van der Waals surface area contributed by atoms with Gasteiger partial charge < -0.3 is 4.74 Å². The van der Waals surface area contributed by atoms with Gasteiger partial charge in [0.15, 0.2) is 11.9 Å². The van der Waals surface area contributed by atoms with Gasteiger partial charge in [0, 0.05) is 11.8 Å². The van der Waals surface area contributed by atoms with E-state index in [4.69, 9.17) is 4.74 Å². The van der Waals surface area contributed by atoms with Crippen LogP contribution in [0, 0.1) is 11.8 Å². The number of carbonyl (C=O) groups is 1. The first kappa shape index (κ1) is 8.72. The van der Waals surface area contributed by atoms with Gasteiger partial charge in [0.25, 0.3) is 0 Å². The smallest absolute Gasteiger partial charge is 0.178 e. The van der Waals surface area contributed by atoms with Gasteiger partial charge in [-0.1, -0.05) is 30.4 Å². The fourth-order valence-corrected chi connectivity index (χ4v) is 2.36. The van der Waals surface area contributed by atoms with Gasteiger partial charge in [-0.25, -0.2) is 0 Å². The zero-order valence-electron chi connectivity index (χ0n) is 8.30. The molecule has 0 unspecified atom stereocenters. The molecule has 2 heteroatoms. The Morgan fingerprint density at radius 3 is 2.80 bits per heavy atom. The first-order valence-corrected chi connectivity index (χ1v) is 5.28. The Kier molecular flexibility index (Phi) is 1.88. The van der Waals surface area contributed by atoms with Crippen molar-refractivity contribution in [3.63, 3.8) is 0 Å². The van der Waals surface area contributed by atoms with E-state index in [0.717, 1.165) is 12.2 Å². The molecule has 0 bridgehead atoms. The van der Waals surface area contributed by atoms with Gasteiger partial charge >= 0.3 is 0 Å². The molecule has 0 heterocycles. The maximum Gasteiger partial charge on any atom is 0.178 e. The van der Waals surface area contributed by atoms with E-state index in [2.05, 4.69) is 12.2 Å². The number of fused-ring (bicyclic) bond motifs is 1. The first-order chi connectivity index (χ1) is 7.36. The van der Waals surface area contributed by atoms with Crippen LogP contribution in [-0.4, -0.2) is 11.9 Å². The number of hydrogen-bond donors (Lipinski definition) is 0. The second-order valence-electron chi connectivity index (χ2n) is 4.10. The number of carbonyl (C=O) groups excluding carboxylic acids is 1. The standard InChI is InChI=1S/C13H12O2/c14-12-10-7-4-8-11(10)13(12)15-9-5-2-1-3-6-9/h1-6,8,10-11,13H,7H2/t10-,11+,13-/m1/s1. The summed E-state index contributed by atoms with van der Waals surface area (Å²) >= 11 is 0. The first-order valence-electron chi connectivity index (χ1n) is 5.28. The summed E-state index contributed by atoms with van der Waals surface area (Å²) in [7, 11) is 0. The molecule has 3 atom stereocenters. The Morgan fingerprint density at radius 1 is 1.20 bits per heavy atom. The molecule has 0 aromatic heterocycles. The lowest BCUT2D eigenvalue weighted by Gasteiger charge is -2.37. The van der Waals surface area contributed by atoms with Crippen molar-refractivity contribution in [1.29, 1.82) is 0 Å². The summed E-state index contributed by atoms with van der Waals surface area (Å²) in [6.45, 7) is 0. The molecule has 0 aliphatic heterocycles. The minimum Gasteiger partial charge on any atom is -0.482 e. The van der Waals surface area contributed by atoms with E-state index in [1.54, 1.807) is 0 Å². The minimum absolute atomic E-state index is 0.207. The van der Waals surface area contributed by atoms with Crippen molar-refractivity contribution in [2.45, 2.75) is 12.5 Å².